The molecule has 0 saturated heterocycles. The second-order valence-electron chi connectivity index (χ2n) is 9.36. The second kappa shape index (κ2) is 17.1. The molecule has 1 aromatic carbocycles. The SMILES string of the molecule is CCC(C)COC(=O)Oc1ccc(C[C@H](N)C(=O)O[C@@H](C)[C@H](C)OC(=O)OC)cc1OC(=O)OCC(C)CC. The van der Waals surface area contributed by atoms with Crippen molar-refractivity contribution >= 4 is 24.4 Å². The quantitative estimate of drug-likeness (QED) is 0.190. The molecule has 0 aliphatic carbocycles. The molecule has 1 rings (SSSR count). The van der Waals surface area contributed by atoms with E-state index in [-0.39, 0.29) is 43.0 Å². The Morgan fingerprint density at radius 3 is 1.79 bits per heavy atom. The molecule has 0 aliphatic heterocycles. The molecule has 220 valence electrons. The van der Waals surface area contributed by atoms with Crippen molar-refractivity contribution in [2.24, 2.45) is 17.6 Å². The molecule has 0 aromatic heterocycles. The highest BCUT2D eigenvalue weighted by Gasteiger charge is 2.25. The van der Waals surface area contributed by atoms with Gasteiger partial charge in [-0.15, -0.1) is 0 Å². The lowest BCUT2D eigenvalue weighted by Crippen LogP contribution is -2.39. The molecule has 0 heterocycles. The zero-order valence-electron chi connectivity index (χ0n) is 23.7. The number of methoxy groups -OCH3 is 1. The molecule has 0 spiro atoms. The minimum absolute atomic E-state index is 0.00515. The Kier molecular flexibility index (Phi) is 14.7. The molecule has 12 heteroatoms. The van der Waals surface area contributed by atoms with Crippen LogP contribution in [0.5, 0.6) is 11.5 Å². The summed E-state index contributed by atoms with van der Waals surface area (Å²) in [5.41, 5.74) is 6.51. The van der Waals surface area contributed by atoms with Gasteiger partial charge in [0.25, 0.3) is 0 Å². The van der Waals surface area contributed by atoms with E-state index in [1.54, 1.807) is 13.0 Å². The summed E-state index contributed by atoms with van der Waals surface area (Å²) in [6, 6.07) is 3.25. The van der Waals surface area contributed by atoms with Crippen LogP contribution in [0.25, 0.3) is 0 Å². The first kappa shape index (κ1) is 33.5. The van der Waals surface area contributed by atoms with Gasteiger partial charge < -0.3 is 38.9 Å². The zero-order chi connectivity index (χ0) is 29.5. The van der Waals surface area contributed by atoms with Gasteiger partial charge in [-0.3, -0.25) is 4.79 Å². The van der Waals surface area contributed by atoms with Crippen molar-refractivity contribution in [3.63, 3.8) is 0 Å². The number of hydrogen-bond acceptors (Lipinski definition) is 12. The number of carbonyl (C=O) groups is 4. The van der Waals surface area contributed by atoms with E-state index in [2.05, 4.69) is 4.74 Å². The van der Waals surface area contributed by atoms with Crippen molar-refractivity contribution in [1.29, 1.82) is 0 Å². The lowest BCUT2D eigenvalue weighted by Gasteiger charge is -2.22. The molecule has 0 fully saturated rings. The Bertz CT molecular complexity index is 952. The molecule has 0 bridgehead atoms. The van der Waals surface area contributed by atoms with Crippen LogP contribution in [0.1, 0.15) is 59.9 Å². The summed E-state index contributed by atoms with van der Waals surface area (Å²) < 4.78 is 35.5. The van der Waals surface area contributed by atoms with Gasteiger partial charge in [0.05, 0.1) is 20.3 Å². The van der Waals surface area contributed by atoms with Gasteiger partial charge in [0.1, 0.15) is 18.2 Å². The first-order valence-corrected chi connectivity index (χ1v) is 12.9. The molecule has 0 saturated carbocycles. The summed E-state index contributed by atoms with van der Waals surface area (Å²) in [4.78, 5) is 48.3. The topological polar surface area (TPSA) is 159 Å². The largest absolute Gasteiger partial charge is 0.513 e. The Labute approximate surface area is 229 Å². The monoisotopic (exact) mass is 555 g/mol. The van der Waals surface area contributed by atoms with Gasteiger partial charge >= 0.3 is 24.4 Å². The van der Waals surface area contributed by atoms with Gasteiger partial charge in [0, 0.05) is 0 Å². The van der Waals surface area contributed by atoms with E-state index in [0.717, 1.165) is 20.0 Å². The first-order chi connectivity index (χ1) is 18.4. The molecule has 0 aliphatic rings. The third-order valence-electron chi connectivity index (χ3n) is 5.93. The lowest BCUT2D eigenvalue weighted by atomic mass is 10.1. The van der Waals surface area contributed by atoms with Gasteiger partial charge in [0.2, 0.25) is 0 Å². The van der Waals surface area contributed by atoms with E-state index in [9.17, 15) is 19.2 Å². The maximum atomic E-state index is 12.5. The van der Waals surface area contributed by atoms with Crippen molar-refractivity contribution in [3.8, 4) is 11.5 Å². The first-order valence-electron chi connectivity index (χ1n) is 12.9. The van der Waals surface area contributed by atoms with Crippen LogP contribution in [0.2, 0.25) is 0 Å². The van der Waals surface area contributed by atoms with E-state index >= 15 is 0 Å². The van der Waals surface area contributed by atoms with Crippen LogP contribution in [-0.4, -0.2) is 63.0 Å². The standard InChI is InChI=1S/C27H41NO11/c1-8-16(3)14-34-26(31)38-22-11-10-20(13-23(22)39-27(32)35-15-17(4)9-2)12-21(28)24(29)36-18(5)19(6)37-25(30)33-7/h10-11,13,16-19,21H,8-9,12,14-15,28H2,1-7H3/t16?,17?,18-,19-,21-/m0/s1. The number of hydrogen-bond donors (Lipinski definition) is 1. The average Bonchev–Trinajstić information content (AvgIpc) is 2.91. The van der Waals surface area contributed by atoms with Crippen molar-refractivity contribution in [1.82, 2.24) is 0 Å². The number of esters is 1. The Hall–Kier alpha value is -3.54. The summed E-state index contributed by atoms with van der Waals surface area (Å²) in [5, 5.41) is 0. The van der Waals surface area contributed by atoms with Crippen molar-refractivity contribution < 1.29 is 52.3 Å². The van der Waals surface area contributed by atoms with Crippen LogP contribution in [0.15, 0.2) is 18.2 Å². The average molecular weight is 556 g/mol. The van der Waals surface area contributed by atoms with Gasteiger partial charge in [-0.2, -0.15) is 0 Å². The summed E-state index contributed by atoms with van der Waals surface area (Å²) in [6.07, 6.45) is -2.80. The van der Waals surface area contributed by atoms with Crippen LogP contribution in [0.4, 0.5) is 14.4 Å². The molecule has 1 aromatic rings. The van der Waals surface area contributed by atoms with E-state index in [1.165, 1.54) is 19.1 Å². The maximum Gasteiger partial charge on any atom is 0.513 e. The number of carbonyl (C=O) groups excluding carboxylic acids is 4. The number of nitrogens with two attached hydrogens (primary N) is 1. The summed E-state index contributed by atoms with van der Waals surface area (Å²) in [5.74, 6) is -0.664. The normalized spacial score (nSPS) is 14.6. The highest BCUT2D eigenvalue weighted by atomic mass is 16.7. The number of benzene rings is 1. The minimum Gasteiger partial charge on any atom is -0.458 e. The molecular formula is C27H41NO11. The molecule has 2 unspecified atom stereocenters. The Balaban J connectivity index is 2.97. The van der Waals surface area contributed by atoms with Crippen LogP contribution in [-0.2, 0) is 34.9 Å². The second-order valence-corrected chi connectivity index (χ2v) is 9.36. The van der Waals surface area contributed by atoms with Crippen molar-refractivity contribution in [2.45, 2.75) is 79.1 Å². The highest BCUT2D eigenvalue weighted by Crippen LogP contribution is 2.30. The molecule has 2 N–H and O–H groups in total. The molecule has 5 atom stereocenters. The number of ether oxygens (including phenoxy) is 7. The van der Waals surface area contributed by atoms with Crippen LogP contribution >= 0.6 is 0 Å². The van der Waals surface area contributed by atoms with E-state index in [4.69, 9.17) is 34.2 Å². The summed E-state index contributed by atoms with van der Waals surface area (Å²) in [7, 11) is 1.16. The van der Waals surface area contributed by atoms with E-state index in [1.807, 2.05) is 27.7 Å². The fraction of sp³-hybridized carbons (Fsp3) is 0.630. The summed E-state index contributed by atoms with van der Waals surface area (Å²) >= 11 is 0. The van der Waals surface area contributed by atoms with Gasteiger partial charge in [-0.25, -0.2) is 14.4 Å². The van der Waals surface area contributed by atoms with E-state index < -0.39 is 42.7 Å². The smallest absolute Gasteiger partial charge is 0.458 e. The van der Waals surface area contributed by atoms with Crippen molar-refractivity contribution in [3.05, 3.63) is 23.8 Å². The van der Waals surface area contributed by atoms with Gasteiger partial charge in [-0.1, -0.05) is 46.6 Å². The Morgan fingerprint density at radius 1 is 0.769 bits per heavy atom. The van der Waals surface area contributed by atoms with Crippen molar-refractivity contribution in [2.75, 3.05) is 20.3 Å². The molecule has 39 heavy (non-hydrogen) atoms. The molecule has 0 amide bonds. The lowest BCUT2D eigenvalue weighted by molar-refractivity contribution is -0.155. The van der Waals surface area contributed by atoms with E-state index in [0.29, 0.717) is 5.56 Å². The predicted octanol–water partition coefficient (Wildman–Crippen LogP) is 4.78. The molecule has 12 nitrogen and oxygen atoms in total. The fourth-order valence-corrected chi connectivity index (χ4v) is 2.74. The van der Waals surface area contributed by atoms with Crippen LogP contribution < -0.4 is 15.2 Å². The zero-order valence-corrected chi connectivity index (χ0v) is 23.7. The minimum atomic E-state index is -1.10. The highest BCUT2D eigenvalue weighted by molar-refractivity contribution is 5.76. The van der Waals surface area contributed by atoms with Crippen LogP contribution in [0, 0.1) is 11.8 Å². The molecular weight excluding hydrogens is 514 g/mol. The molecule has 0 radical (unpaired) electrons. The predicted molar refractivity (Wildman–Crippen MR) is 139 cm³/mol. The van der Waals surface area contributed by atoms with Gasteiger partial charge in [-0.05, 0) is 49.8 Å². The fourth-order valence-electron chi connectivity index (χ4n) is 2.74. The van der Waals surface area contributed by atoms with Crippen LogP contribution in [0.3, 0.4) is 0 Å². The number of rotatable bonds is 14. The maximum absolute atomic E-state index is 12.5. The Morgan fingerprint density at radius 2 is 1.28 bits per heavy atom. The third kappa shape index (κ3) is 12.7. The summed E-state index contributed by atoms with van der Waals surface area (Å²) in [6.45, 7) is 11.2. The third-order valence-corrected chi connectivity index (χ3v) is 5.93. The van der Waals surface area contributed by atoms with Gasteiger partial charge in [0.15, 0.2) is 11.5 Å².